The van der Waals surface area contributed by atoms with Crippen LogP contribution in [0.4, 0.5) is 0 Å². The Morgan fingerprint density at radius 2 is 1.92 bits per heavy atom. The first-order valence-corrected chi connectivity index (χ1v) is 8.08. The molecule has 1 amide bonds. The van der Waals surface area contributed by atoms with Crippen molar-refractivity contribution in [3.05, 3.63) is 41.1 Å². The van der Waals surface area contributed by atoms with Gasteiger partial charge in [0.1, 0.15) is 6.04 Å². The summed E-state index contributed by atoms with van der Waals surface area (Å²) < 4.78 is 4.80. The lowest BCUT2D eigenvalue weighted by molar-refractivity contribution is -0.143. The number of esters is 1. The molecule has 0 radical (unpaired) electrons. The van der Waals surface area contributed by atoms with Crippen LogP contribution in [-0.2, 0) is 9.53 Å². The highest BCUT2D eigenvalue weighted by molar-refractivity contribution is 6.00. The van der Waals surface area contributed by atoms with Crippen molar-refractivity contribution in [3.8, 4) is 0 Å². The summed E-state index contributed by atoms with van der Waals surface area (Å²) in [5, 5.41) is 3.69. The maximum absolute atomic E-state index is 12.6. The van der Waals surface area contributed by atoms with Gasteiger partial charge in [0.2, 0.25) is 0 Å². The van der Waals surface area contributed by atoms with E-state index in [9.17, 15) is 9.59 Å². The number of rotatable bonds is 5. The zero-order chi connectivity index (χ0) is 17.9. The smallest absolute Gasteiger partial charge is 0.328 e. The van der Waals surface area contributed by atoms with E-state index in [1.165, 1.54) is 7.11 Å². The van der Waals surface area contributed by atoms with E-state index in [1.807, 2.05) is 45.0 Å². The Morgan fingerprint density at radius 1 is 1.21 bits per heavy atom. The van der Waals surface area contributed by atoms with Crippen molar-refractivity contribution in [2.24, 2.45) is 5.92 Å². The fourth-order valence-corrected chi connectivity index (χ4v) is 2.69. The molecule has 1 atom stereocenters. The van der Waals surface area contributed by atoms with Gasteiger partial charge in [0.25, 0.3) is 5.91 Å². The van der Waals surface area contributed by atoms with Crippen LogP contribution in [0, 0.1) is 19.8 Å². The Labute approximate surface area is 142 Å². The van der Waals surface area contributed by atoms with Gasteiger partial charge in [-0.2, -0.15) is 0 Å². The lowest BCUT2D eigenvalue weighted by Crippen LogP contribution is -2.42. The Morgan fingerprint density at radius 3 is 2.54 bits per heavy atom. The van der Waals surface area contributed by atoms with Crippen molar-refractivity contribution in [2.45, 2.75) is 40.2 Å². The number of hydrogen-bond acceptors (Lipinski definition) is 4. The van der Waals surface area contributed by atoms with Crippen LogP contribution in [0.3, 0.4) is 0 Å². The van der Waals surface area contributed by atoms with Crippen LogP contribution in [0.15, 0.2) is 24.3 Å². The summed E-state index contributed by atoms with van der Waals surface area (Å²) in [6.45, 7) is 7.78. The number of fused-ring (bicyclic) bond motifs is 1. The number of ether oxygens (including phenoxy) is 1. The molecule has 1 aromatic carbocycles. The normalized spacial score (nSPS) is 12.2. The van der Waals surface area contributed by atoms with Crippen LogP contribution >= 0.6 is 0 Å². The second-order valence-electron chi connectivity index (χ2n) is 6.50. The minimum atomic E-state index is -0.657. The highest BCUT2D eigenvalue weighted by Crippen LogP contribution is 2.18. The number of carbonyl (C=O) groups excluding carboxylic acids is 2. The van der Waals surface area contributed by atoms with Crippen molar-refractivity contribution < 1.29 is 14.3 Å². The summed E-state index contributed by atoms with van der Waals surface area (Å²) in [5.74, 6) is -0.480. The van der Waals surface area contributed by atoms with Crippen LogP contribution in [0.5, 0.6) is 0 Å². The van der Waals surface area contributed by atoms with Crippen LogP contribution in [0.1, 0.15) is 41.9 Å². The first kappa shape index (κ1) is 17.9. The van der Waals surface area contributed by atoms with Gasteiger partial charge >= 0.3 is 5.97 Å². The highest BCUT2D eigenvalue weighted by atomic mass is 16.5. The highest BCUT2D eigenvalue weighted by Gasteiger charge is 2.24. The van der Waals surface area contributed by atoms with E-state index in [4.69, 9.17) is 4.74 Å². The Bertz CT molecular complexity index is 769. The summed E-state index contributed by atoms with van der Waals surface area (Å²) in [5.41, 5.74) is 3.07. The van der Waals surface area contributed by atoms with E-state index in [2.05, 4.69) is 10.3 Å². The predicted octanol–water partition coefficient (Wildman–Crippen LogP) is 3.17. The van der Waals surface area contributed by atoms with E-state index in [0.717, 1.165) is 16.5 Å². The molecule has 0 aliphatic carbocycles. The molecule has 0 saturated carbocycles. The number of hydrogen-bond donors (Lipinski definition) is 1. The zero-order valence-corrected chi connectivity index (χ0v) is 14.8. The number of aryl methyl sites for hydroxylation is 2. The molecule has 0 saturated heterocycles. The summed E-state index contributed by atoms with van der Waals surface area (Å²) in [6, 6.07) is 7.09. The molecule has 0 aliphatic heterocycles. The molecular formula is C19H24N2O3. The molecule has 0 bridgehead atoms. The van der Waals surface area contributed by atoms with Crippen LogP contribution in [-0.4, -0.2) is 30.0 Å². The molecule has 1 N–H and O–H groups in total. The quantitative estimate of drug-likeness (QED) is 0.856. The Kier molecular flexibility index (Phi) is 5.54. The van der Waals surface area contributed by atoms with Gasteiger partial charge < -0.3 is 10.1 Å². The molecule has 5 heteroatoms. The molecule has 0 spiro atoms. The monoisotopic (exact) mass is 328 g/mol. The molecule has 1 heterocycles. The fraction of sp³-hybridized carbons (Fsp3) is 0.421. The van der Waals surface area contributed by atoms with Crippen molar-refractivity contribution >= 4 is 22.8 Å². The van der Waals surface area contributed by atoms with E-state index in [1.54, 1.807) is 6.92 Å². The lowest BCUT2D eigenvalue weighted by Gasteiger charge is -2.19. The third-order valence-electron chi connectivity index (χ3n) is 3.90. The third kappa shape index (κ3) is 4.10. The van der Waals surface area contributed by atoms with Gasteiger partial charge in [-0.05, 0) is 44.4 Å². The molecule has 2 aromatic rings. The largest absolute Gasteiger partial charge is 0.467 e. The molecule has 128 valence electrons. The van der Waals surface area contributed by atoms with Crippen LogP contribution in [0.2, 0.25) is 0 Å². The average Bonchev–Trinajstić information content (AvgIpc) is 2.52. The average molecular weight is 328 g/mol. The first-order valence-electron chi connectivity index (χ1n) is 8.08. The minimum absolute atomic E-state index is 0.257. The van der Waals surface area contributed by atoms with E-state index in [0.29, 0.717) is 17.7 Å². The first-order chi connectivity index (χ1) is 11.3. The molecule has 1 aromatic heterocycles. The molecule has 0 fully saturated rings. The van der Waals surface area contributed by atoms with Crippen LogP contribution < -0.4 is 5.32 Å². The van der Waals surface area contributed by atoms with Gasteiger partial charge in [-0.3, -0.25) is 9.78 Å². The zero-order valence-electron chi connectivity index (χ0n) is 14.8. The predicted molar refractivity (Wildman–Crippen MR) is 93.9 cm³/mol. The van der Waals surface area contributed by atoms with Crippen molar-refractivity contribution in [3.63, 3.8) is 0 Å². The molecular weight excluding hydrogens is 304 g/mol. The summed E-state index contributed by atoms with van der Waals surface area (Å²) in [6.07, 6.45) is 0.525. The van der Waals surface area contributed by atoms with Crippen molar-refractivity contribution in [2.75, 3.05) is 7.11 Å². The minimum Gasteiger partial charge on any atom is -0.467 e. The second-order valence-corrected chi connectivity index (χ2v) is 6.50. The number of nitrogens with zero attached hydrogens (tertiary/aromatic N) is 1. The second kappa shape index (κ2) is 7.43. The molecule has 5 nitrogen and oxygen atoms in total. The van der Waals surface area contributed by atoms with Gasteiger partial charge in [-0.1, -0.05) is 25.5 Å². The molecule has 24 heavy (non-hydrogen) atoms. The Balaban J connectivity index is 2.32. The van der Waals surface area contributed by atoms with Crippen LogP contribution in [0.25, 0.3) is 10.9 Å². The number of pyridine rings is 1. The lowest BCUT2D eigenvalue weighted by atomic mass is 10.0. The van der Waals surface area contributed by atoms with E-state index < -0.39 is 12.0 Å². The SMILES string of the molecule is COC(=O)C(CC(C)C)NC(=O)c1cc2cc(C)ccc2nc1C. The third-order valence-corrected chi connectivity index (χ3v) is 3.90. The number of methoxy groups -OCH3 is 1. The maximum atomic E-state index is 12.6. The molecule has 0 aliphatic rings. The van der Waals surface area contributed by atoms with Gasteiger partial charge in [0.15, 0.2) is 0 Å². The topological polar surface area (TPSA) is 68.3 Å². The standard InChI is InChI=1S/C19H24N2O3/c1-11(2)8-17(19(23)24-5)21-18(22)15-10-14-9-12(3)6-7-16(14)20-13(15)4/h6-7,9-11,17H,8H2,1-5H3,(H,21,22). The summed E-state index contributed by atoms with van der Waals surface area (Å²) >= 11 is 0. The van der Waals surface area contributed by atoms with Gasteiger partial charge in [-0.25, -0.2) is 4.79 Å². The fourth-order valence-electron chi connectivity index (χ4n) is 2.69. The van der Waals surface area contributed by atoms with Crippen molar-refractivity contribution in [1.29, 1.82) is 0 Å². The van der Waals surface area contributed by atoms with Gasteiger partial charge in [0, 0.05) is 5.39 Å². The maximum Gasteiger partial charge on any atom is 0.328 e. The summed E-state index contributed by atoms with van der Waals surface area (Å²) in [7, 11) is 1.33. The number of aromatic nitrogens is 1. The Hall–Kier alpha value is -2.43. The summed E-state index contributed by atoms with van der Waals surface area (Å²) in [4.78, 5) is 29.0. The van der Waals surface area contributed by atoms with Crippen molar-refractivity contribution in [1.82, 2.24) is 10.3 Å². The number of amides is 1. The molecule has 1 unspecified atom stereocenters. The number of benzene rings is 1. The van der Waals surface area contributed by atoms with E-state index >= 15 is 0 Å². The van der Waals surface area contributed by atoms with E-state index in [-0.39, 0.29) is 11.8 Å². The number of carbonyl (C=O) groups is 2. The van der Waals surface area contributed by atoms with Gasteiger partial charge in [-0.15, -0.1) is 0 Å². The number of nitrogens with one attached hydrogen (secondary N) is 1. The van der Waals surface area contributed by atoms with Gasteiger partial charge in [0.05, 0.1) is 23.9 Å². The molecule has 2 rings (SSSR count).